The van der Waals surface area contributed by atoms with Gasteiger partial charge in [0.15, 0.2) is 0 Å². The molecule has 0 spiro atoms. The van der Waals surface area contributed by atoms with Gasteiger partial charge in [-0.15, -0.1) is 0 Å². The van der Waals surface area contributed by atoms with Crippen molar-refractivity contribution in [2.75, 3.05) is 52.9 Å². The molecule has 2 bridgehead atoms. The van der Waals surface area contributed by atoms with Crippen LogP contribution in [0.2, 0.25) is 0 Å². The number of hydrogen-bond donors (Lipinski definition) is 1. The van der Waals surface area contributed by atoms with Gasteiger partial charge in [-0.1, -0.05) is 0 Å². The van der Waals surface area contributed by atoms with Crippen molar-refractivity contribution in [2.24, 2.45) is 5.92 Å². The SMILES string of the molecule is CN1CCOC(CNC2CCN3CCC2C3)C1. The van der Waals surface area contributed by atoms with Crippen LogP contribution in [0, 0.1) is 5.92 Å². The van der Waals surface area contributed by atoms with E-state index in [2.05, 4.69) is 22.2 Å². The molecule has 0 radical (unpaired) electrons. The van der Waals surface area contributed by atoms with E-state index >= 15 is 0 Å². The van der Waals surface area contributed by atoms with Gasteiger partial charge in [-0.25, -0.2) is 0 Å². The minimum absolute atomic E-state index is 0.396. The first-order chi connectivity index (χ1) is 8.31. The third kappa shape index (κ3) is 2.81. The highest BCUT2D eigenvalue weighted by atomic mass is 16.5. The Morgan fingerprint density at radius 2 is 2.06 bits per heavy atom. The minimum atomic E-state index is 0.396. The van der Waals surface area contributed by atoms with Crippen molar-refractivity contribution in [3.8, 4) is 0 Å². The Morgan fingerprint density at radius 1 is 1.18 bits per heavy atom. The van der Waals surface area contributed by atoms with Gasteiger partial charge >= 0.3 is 0 Å². The number of nitrogens with zero attached hydrogens (tertiary/aromatic N) is 2. The normalized spacial score (nSPS) is 42.9. The zero-order valence-electron chi connectivity index (χ0n) is 10.9. The first-order valence-electron chi connectivity index (χ1n) is 7.07. The van der Waals surface area contributed by atoms with Crippen LogP contribution in [0.15, 0.2) is 0 Å². The van der Waals surface area contributed by atoms with E-state index in [1.165, 1.54) is 32.5 Å². The second-order valence-corrected chi connectivity index (χ2v) is 5.91. The summed E-state index contributed by atoms with van der Waals surface area (Å²) in [7, 11) is 2.19. The van der Waals surface area contributed by atoms with Gasteiger partial charge in [0.1, 0.15) is 0 Å². The largest absolute Gasteiger partial charge is 0.374 e. The number of piperidine rings is 1. The highest BCUT2D eigenvalue weighted by Gasteiger charge is 2.34. The first kappa shape index (κ1) is 11.9. The Balaban J connectivity index is 1.44. The summed E-state index contributed by atoms with van der Waals surface area (Å²) in [5, 5.41) is 3.76. The molecular weight excluding hydrogens is 214 g/mol. The molecule has 17 heavy (non-hydrogen) atoms. The second kappa shape index (κ2) is 5.22. The van der Waals surface area contributed by atoms with Crippen LogP contribution in [0.3, 0.4) is 0 Å². The molecule has 0 saturated carbocycles. The lowest BCUT2D eigenvalue weighted by Gasteiger charge is -2.34. The summed E-state index contributed by atoms with van der Waals surface area (Å²) >= 11 is 0. The van der Waals surface area contributed by atoms with Crippen molar-refractivity contribution in [2.45, 2.75) is 25.0 Å². The van der Waals surface area contributed by atoms with Crippen LogP contribution in [-0.4, -0.2) is 74.9 Å². The summed E-state index contributed by atoms with van der Waals surface area (Å²) in [5.41, 5.74) is 0. The lowest BCUT2D eigenvalue weighted by atomic mass is 9.94. The van der Waals surface area contributed by atoms with E-state index in [-0.39, 0.29) is 0 Å². The molecule has 0 aromatic heterocycles. The Kier molecular flexibility index (Phi) is 3.66. The van der Waals surface area contributed by atoms with Crippen LogP contribution in [0.25, 0.3) is 0 Å². The standard InChI is InChI=1S/C13H25N3O/c1-15-6-7-17-12(10-15)8-14-13-3-5-16-4-2-11(13)9-16/h11-14H,2-10H2,1H3. The Labute approximate surface area is 104 Å². The summed E-state index contributed by atoms with van der Waals surface area (Å²) in [5.74, 6) is 0.894. The number of hydrogen-bond acceptors (Lipinski definition) is 4. The van der Waals surface area contributed by atoms with Crippen molar-refractivity contribution in [3.63, 3.8) is 0 Å². The average Bonchev–Trinajstić information content (AvgIpc) is 2.71. The summed E-state index contributed by atoms with van der Waals surface area (Å²) in [6, 6.07) is 0.740. The van der Waals surface area contributed by atoms with E-state index in [0.717, 1.165) is 38.2 Å². The summed E-state index contributed by atoms with van der Waals surface area (Å²) in [6.45, 7) is 8.03. The van der Waals surface area contributed by atoms with Crippen molar-refractivity contribution in [1.82, 2.24) is 15.1 Å². The van der Waals surface area contributed by atoms with Crippen LogP contribution in [0.5, 0.6) is 0 Å². The molecule has 4 unspecified atom stereocenters. The van der Waals surface area contributed by atoms with Gasteiger partial charge in [-0.05, 0) is 38.9 Å². The number of ether oxygens (including phenoxy) is 1. The molecule has 0 amide bonds. The fourth-order valence-corrected chi connectivity index (χ4v) is 3.49. The predicted octanol–water partition coefficient (Wildman–Crippen LogP) is 0.000800. The molecule has 3 rings (SSSR count). The predicted molar refractivity (Wildman–Crippen MR) is 68.2 cm³/mol. The van der Waals surface area contributed by atoms with Gasteiger partial charge in [0, 0.05) is 32.2 Å². The maximum Gasteiger partial charge on any atom is 0.0826 e. The molecule has 3 aliphatic heterocycles. The van der Waals surface area contributed by atoms with Gasteiger partial charge in [0.25, 0.3) is 0 Å². The quantitative estimate of drug-likeness (QED) is 0.750. The van der Waals surface area contributed by atoms with Crippen LogP contribution in [0.4, 0.5) is 0 Å². The molecule has 3 saturated heterocycles. The van der Waals surface area contributed by atoms with Crippen LogP contribution in [-0.2, 0) is 4.74 Å². The smallest absolute Gasteiger partial charge is 0.0826 e. The third-order valence-electron chi connectivity index (χ3n) is 4.58. The number of fused-ring (bicyclic) bond motifs is 2. The highest BCUT2D eigenvalue weighted by Crippen LogP contribution is 2.27. The lowest BCUT2D eigenvalue weighted by Crippen LogP contribution is -2.50. The van der Waals surface area contributed by atoms with Gasteiger partial charge in [0.05, 0.1) is 12.7 Å². The van der Waals surface area contributed by atoms with Crippen molar-refractivity contribution < 1.29 is 4.74 Å². The molecule has 3 heterocycles. The molecule has 0 aromatic carbocycles. The van der Waals surface area contributed by atoms with Gasteiger partial charge in [-0.2, -0.15) is 0 Å². The van der Waals surface area contributed by atoms with E-state index < -0.39 is 0 Å². The topological polar surface area (TPSA) is 27.7 Å². The van der Waals surface area contributed by atoms with Crippen molar-refractivity contribution in [1.29, 1.82) is 0 Å². The molecule has 4 atom stereocenters. The molecule has 1 N–H and O–H groups in total. The lowest BCUT2D eigenvalue weighted by molar-refractivity contribution is -0.0206. The minimum Gasteiger partial charge on any atom is -0.374 e. The summed E-state index contributed by atoms with van der Waals surface area (Å²) < 4.78 is 5.80. The average molecular weight is 239 g/mol. The van der Waals surface area contributed by atoms with Crippen molar-refractivity contribution in [3.05, 3.63) is 0 Å². The third-order valence-corrected chi connectivity index (χ3v) is 4.58. The summed E-state index contributed by atoms with van der Waals surface area (Å²) in [6.07, 6.45) is 3.12. The van der Waals surface area contributed by atoms with Gasteiger partial charge in [0.2, 0.25) is 0 Å². The molecule has 3 fully saturated rings. The molecule has 98 valence electrons. The zero-order chi connectivity index (χ0) is 11.7. The molecule has 0 aliphatic carbocycles. The maximum absolute atomic E-state index is 5.80. The Morgan fingerprint density at radius 3 is 2.94 bits per heavy atom. The zero-order valence-corrected chi connectivity index (χ0v) is 10.9. The van der Waals surface area contributed by atoms with Crippen LogP contribution >= 0.6 is 0 Å². The number of morpholine rings is 1. The number of nitrogens with one attached hydrogen (secondary N) is 1. The summed E-state index contributed by atoms with van der Waals surface area (Å²) in [4.78, 5) is 4.97. The molecular formula is C13H25N3O. The molecule has 0 aromatic rings. The number of likely N-dealkylation sites (N-methyl/N-ethyl adjacent to an activating group) is 1. The van der Waals surface area contributed by atoms with E-state index in [0.29, 0.717) is 6.10 Å². The Hall–Kier alpha value is -0.160. The Bertz CT molecular complexity index is 261. The molecule has 4 nitrogen and oxygen atoms in total. The highest BCUT2D eigenvalue weighted by molar-refractivity contribution is 4.91. The van der Waals surface area contributed by atoms with Gasteiger partial charge < -0.3 is 19.9 Å². The maximum atomic E-state index is 5.80. The van der Waals surface area contributed by atoms with E-state index in [1.54, 1.807) is 0 Å². The first-order valence-corrected chi connectivity index (χ1v) is 7.07. The fraction of sp³-hybridized carbons (Fsp3) is 1.00. The van der Waals surface area contributed by atoms with E-state index in [4.69, 9.17) is 4.74 Å². The molecule has 4 heteroatoms. The monoisotopic (exact) mass is 239 g/mol. The molecule has 3 aliphatic rings. The van der Waals surface area contributed by atoms with Gasteiger partial charge in [-0.3, -0.25) is 0 Å². The van der Waals surface area contributed by atoms with E-state index in [1.807, 2.05) is 0 Å². The fourth-order valence-electron chi connectivity index (χ4n) is 3.49. The second-order valence-electron chi connectivity index (χ2n) is 5.91. The van der Waals surface area contributed by atoms with Crippen molar-refractivity contribution >= 4 is 0 Å². The van der Waals surface area contributed by atoms with Crippen LogP contribution in [0.1, 0.15) is 12.8 Å². The van der Waals surface area contributed by atoms with Crippen LogP contribution < -0.4 is 5.32 Å². The number of rotatable bonds is 3. The van der Waals surface area contributed by atoms with E-state index in [9.17, 15) is 0 Å².